The van der Waals surface area contributed by atoms with E-state index in [-0.39, 0.29) is 29.6 Å². The molecule has 2 fully saturated rings. The number of hydrogen-bond donors (Lipinski definition) is 2. The number of halogens is 1. The van der Waals surface area contributed by atoms with Crippen molar-refractivity contribution in [1.82, 2.24) is 10.6 Å². The first kappa shape index (κ1) is 18.4. The fourth-order valence-electron chi connectivity index (χ4n) is 3.44. The summed E-state index contributed by atoms with van der Waals surface area (Å²) in [7, 11) is -0.918. The second-order valence-electron chi connectivity index (χ2n) is 6.43. The summed E-state index contributed by atoms with van der Waals surface area (Å²) in [4.78, 5) is 12.2. The molecule has 4 nitrogen and oxygen atoms in total. The molecule has 1 aliphatic heterocycles. The number of hydrogen-bond acceptors (Lipinski definition) is 3. The third kappa shape index (κ3) is 4.78. The first-order valence-corrected chi connectivity index (χ1v) is 9.56. The van der Waals surface area contributed by atoms with E-state index in [1.807, 2.05) is 30.3 Å². The van der Waals surface area contributed by atoms with E-state index >= 15 is 0 Å². The van der Waals surface area contributed by atoms with E-state index in [0.29, 0.717) is 18.1 Å². The van der Waals surface area contributed by atoms with Gasteiger partial charge in [0.1, 0.15) is 0 Å². The Kier molecular flexibility index (Phi) is 6.62. The van der Waals surface area contributed by atoms with Crippen LogP contribution in [0.4, 0.5) is 0 Å². The summed E-state index contributed by atoms with van der Waals surface area (Å²) in [5.41, 5.74) is 1.36. The molecule has 1 aromatic rings. The molecule has 1 spiro atoms. The lowest BCUT2D eigenvalue weighted by atomic mass is 9.92. The molecule has 1 saturated carbocycles. The van der Waals surface area contributed by atoms with E-state index in [4.69, 9.17) is 0 Å². The van der Waals surface area contributed by atoms with Crippen LogP contribution in [0, 0.1) is 11.3 Å². The Morgan fingerprint density at radius 3 is 2.65 bits per heavy atom. The van der Waals surface area contributed by atoms with Crippen LogP contribution in [0.3, 0.4) is 0 Å². The molecule has 23 heavy (non-hydrogen) atoms. The molecule has 1 aromatic carbocycles. The van der Waals surface area contributed by atoms with Crippen molar-refractivity contribution in [3.05, 3.63) is 35.9 Å². The molecule has 0 aromatic heterocycles. The first-order chi connectivity index (χ1) is 10.7. The van der Waals surface area contributed by atoms with Crippen LogP contribution in [-0.4, -0.2) is 35.5 Å². The molecule has 1 aliphatic carbocycles. The van der Waals surface area contributed by atoms with Gasteiger partial charge in [-0.2, -0.15) is 0 Å². The summed E-state index contributed by atoms with van der Waals surface area (Å²) in [5, 5.41) is 6.33. The molecular formula is C17H25ClN2O2S. The third-order valence-electron chi connectivity index (χ3n) is 4.90. The lowest BCUT2D eigenvalue weighted by molar-refractivity contribution is -0.123. The van der Waals surface area contributed by atoms with Crippen molar-refractivity contribution in [2.75, 3.05) is 25.4 Å². The van der Waals surface area contributed by atoms with Crippen molar-refractivity contribution in [3.8, 4) is 0 Å². The zero-order chi connectivity index (χ0) is 15.4. The molecule has 1 heterocycles. The average molecular weight is 357 g/mol. The fraction of sp³-hybridized carbons (Fsp3) is 0.588. The van der Waals surface area contributed by atoms with Crippen LogP contribution < -0.4 is 10.6 Å². The van der Waals surface area contributed by atoms with Gasteiger partial charge in [-0.3, -0.25) is 9.00 Å². The lowest BCUT2D eigenvalue weighted by Crippen LogP contribution is -2.35. The van der Waals surface area contributed by atoms with Crippen molar-refractivity contribution in [2.24, 2.45) is 11.3 Å². The Labute approximate surface area is 146 Å². The van der Waals surface area contributed by atoms with Crippen LogP contribution in [0.1, 0.15) is 24.8 Å². The summed E-state index contributed by atoms with van der Waals surface area (Å²) in [5.74, 6) is 1.45. The number of carbonyl (C=O) groups excluding carboxylic acids is 1. The largest absolute Gasteiger partial charge is 0.355 e. The summed E-state index contributed by atoms with van der Waals surface area (Å²) < 4.78 is 12.0. The molecule has 2 aliphatic rings. The normalized spacial score (nSPS) is 22.9. The highest BCUT2D eigenvalue weighted by Crippen LogP contribution is 2.58. The van der Waals surface area contributed by atoms with E-state index < -0.39 is 10.8 Å². The van der Waals surface area contributed by atoms with Gasteiger partial charge in [-0.1, -0.05) is 30.3 Å². The van der Waals surface area contributed by atoms with Crippen LogP contribution in [0.25, 0.3) is 0 Å². The Morgan fingerprint density at radius 1 is 1.26 bits per heavy atom. The number of piperidine rings is 1. The zero-order valence-corrected chi connectivity index (χ0v) is 14.9. The van der Waals surface area contributed by atoms with E-state index in [1.54, 1.807) is 0 Å². The lowest BCUT2D eigenvalue weighted by Gasteiger charge is -2.23. The summed E-state index contributed by atoms with van der Waals surface area (Å²) in [6.45, 7) is 2.58. The van der Waals surface area contributed by atoms with Gasteiger partial charge in [0.2, 0.25) is 5.91 Å². The number of carbonyl (C=O) groups is 1. The number of amides is 1. The zero-order valence-electron chi connectivity index (χ0n) is 13.3. The van der Waals surface area contributed by atoms with Crippen molar-refractivity contribution in [1.29, 1.82) is 0 Å². The standard InChI is InChI=1S/C17H24N2O2S.ClH/c20-16(15-12-17(15)6-8-18-9-7-17)19-10-11-22(21)13-14-4-2-1-3-5-14;/h1-5,15,18H,6-13H2,(H,19,20);1H. The van der Waals surface area contributed by atoms with Gasteiger partial charge in [0.25, 0.3) is 0 Å². The van der Waals surface area contributed by atoms with Crippen LogP contribution in [-0.2, 0) is 21.3 Å². The minimum atomic E-state index is -0.918. The molecule has 0 bridgehead atoms. The van der Waals surface area contributed by atoms with Crippen molar-refractivity contribution in [2.45, 2.75) is 25.0 Å². The van der Waals surface area contributed by atoms with Crippen LogP contribution in [0.5, 0.6) is 0 Å². The molecule has 1 amide bonds. The van der Waals surface area contributed by atoms with Crippen LogP contribution >= 0.6 is 12.4 Å². The smallest absolute Gasteiger partial charge is 0.223 e. The maximum absolute atomic E-state index is 12.2. The molecule has 1 saturated heterocycles. The molecule has 2 unspecified atom stereocenters. The molecule has 2 atom stereocenters. The summed E-state index contributed by atoms with van der Waals surface area (Å²) >= 11 is 0. The van der Waals surface area contributed by atoms with Crippen LogP contribution in [0.15, 0.2) is 30.3 Å². The van der Waals surface area contributed by atoms with Crippen molar-refractivity contribution < 1.29 is 9.00 Å². The second-order valence-corrected chi connectivity index (χ2v) is 8.01. The highest BCUT2D eigenvalue weighted by molar-refractivity contribution is 7.84. The average Bonchev–Trinajstić information content (AvgIpc) is 3.22. The molecule has 128 valence electrons. The maximum atomic E-state index is 12.2. The third-order valence-corrected chi connectivity index (χ3v) is 6.22. The second kappa shape index (κ2) is 8.27. The summed E-state index contributed by atoms with van der Waals surface area (Å²) in [6, 6.07) is 9.85. The molecule has 2 N–H and O–H groups in total. The van der Waals surface area contributed by atoms with Gasteiger partial charge in [-0.15, -0.1) is 12.4 Å². The van der Waals surface area contributed by atoms with E-state index in [0.717, 1.165) is 37.9 Å². The van der Waals surface area contributed by atoms with Gasteiger partial charge < -0.3 is 10.6 Å². The SMILES string of the molecule is Cl.O=C(NCCS(=O)Cc1ccccc1)C1CC12CCNCC2. The van der Waals surface area contributed by atoms with E-state index in [9.17, 15) is 9.00 Å². The highest BCUT2D eigenvalue weighted by atomic mass is 35.5. The molecule has 0 radical (unpaired) electrons. The number of nitrogens with one attached hydrogen (secondary N) is 2. The topological polar surface area (TPSA) is 58.2 Å². The van der Waals surface area contributed by atoms with Crippen LogP contribution in [0.2, 0.25) is 0 Å². The quantitative estimate of drug-likeness (QED) is 0.818. The number of benzene rings is 1. The predicted octanol–water partition coefficient (Wildman–Crippen LogP) is 1.86. The Hall–Kier alpha value is -0.910. The van der Waals surface area contributed by atoms with Crippen molar-refractivity contribution >= 4 is 29.1 Å². The first-order valence-electron chi connectivity index (χ1n) is 8.07. The Balaban J connectivity index is 0.00000192. The van der Waals surface area contributed by atoms with Gasteiger partial charge in [0, 0.05) is 34.8 Å². The monoisotopic (exact) mass is 356 g/mol. The molecule has 6 heteroatoms. The van der Waals surface area contributed by atoms with Gasteiger partial charge in [-0.25, -0.2) is 0 Å². The predicted molar refractivity (Wildman–Crippen MR) is 96.1 cm³/mol. The van der Waals surface area contributed by atoms with E-state index in [2.05, 4.69) is 10.6 Å². The molecular weight excluding hydrogens is 332 g/mol. The van der Waals surface area contributed by atoms with Gasteiger partial charge >= 0.3 is 0 Å². The van der Waals surface area contributed by atoms with Gasteiger partial charge in [-0.05, 0) is 43.3 Å². The summed E-state index contributed by atoms with van der Waals surface area (Å²) in [6.07, 6.45) is 3.27. The maximum Gasteiger partial charge on any atom is 0.223 e. The van der Waals surface area contributed by atoms with Gasteiger partial charge in [0.05, 0.1) is 0 Å². The van der Waals surface area contributed by atoms with E-state index in [1.165, 1.54) is 0 Å². The fourth-order valence-corrected chi connectivity index (χ4v) is 4.48. The molecule has 3 rings (SSSR count). The minimum absolute atomic E-state index is 0. The minimum Gasteiger partial charge on any atom is -0.355 e. The highest BCUT2D eigenvalue weighted by Gasteiger charge is 2.57. The Bertz CT molecular complexity index is 547. The number of rotatable bonds is 6. The van der Waals surface area contributed by atoms with Crippen molar-refractivity contribution in [3.63, 3.8) is 0 Å². The Morgan fingerprint density at radius 2 is 1.96 bits per heavy atom. The van der Waals surface area contributed by atoms with Gasteiger partial charge in [0.15, 0.2) is 0 Å².